The van der Waals surface area contributed by atoms with Gasteiger partial charge in [0.1, 0.15) is 5.69 Å². The Morgan fingerprint density at radius 3 is 2.06 bits per heavy atom. The molecule has 0 atom stereocenters. The van der Waals surface area contributed by atoms with Crippen LogP contribution in [0.1, 0.15) is 17.0 Å². The van der Waals surface area contributed by atoms with Crippen LogP contribution in [0.3, 0.4) is 0 Å². The maximum absolute atomic E-state index is 4.48. The van der Waals surface area contributed by atoms with Gasteiger partial charge in [-0.05, 0) is 66.0 Å². The summed E-state index contributed by atoms with van der Waals surface area (Å²) < 4.78 is 4.54. The van der Waals surface area contributed by atoms with Crippen molar-refractivity contribution in [2.45, 2.75) is 20.8 Å². The van der Waals surface area contributed by atoms with Gasteiger partial charge in [-0.15, -0.1) is 90.0 Å². The third-order valence-corrected chi connectivity index (χ3v) is 8.80. The van der Waals surface area contributed by atoms with Crippen molar-refractivity contribution < 1.29 is 24.7 Å². The molecule has 239 valence electrons. The average Bonchev–Trinajstić information content (AvgIpc) is 3.49. The van der Waals surface area contributed by atoms with E-state index in [-0.39, 0.29) is 20.1 Å². The number of fused-ring (bicyclic) bond motifs is 3. The van der Waals surface area contributed by atoms with E-state index in [0.717, 1.165) is 45.2 Å². The molecule has 0 amide bonds. The van der Waals surface area contributed by atoms with Gasteiger partial charge in [0.15, 0.2) is 0 Å². The Hall–Kier alpha value is -4.93. The molecule has 0 saturated heterocycles. The maximum Gasteiger partial charge on any atom is 0.115 e. The summed E-state index contributed by atoms with van der Waals surface area (Å²) >= 11 is 1.83. The van der Waals surface area contributed by atoms with Crippen molar-refractivity contribution in [1.29, 1.82) is 0 Å². The molecule has 4 heterocycles. The number of benzene rings is 4. The normalized spacial score (nSPS) is 10.3. The minimum Gasteiger partial charge on any atom is -0.318 e. The van der Waals surface area contributed by atoms with Gasteiger partial charge in [-0.2, -0.15) is 11.3 Å². The van der Waals surface area contributed by atoms with E-state index >= 15 is 0 Å². The van der Waals surface area contributed by atoms with E-state index in [2.05, 4.69) is 90.7 Å². The summed E-state index contributed by atoms with van der Waals surface area (Å²) in [7, 11) is 3.99. The van der Waals surface area contributed by atoms with Crippen LogP contribution in [-0.4, -0.2) is 9.97 Å². The van der Waals surface area contributed by atoms with E-state index in [1.54, 1.807) is 0 Å². The first-order valence-electron chi connectivity index (χ1n) is 15.4. The summed E-state index contributed by atoms with van der Waals surface area (Å²) in [5.41, 5.74) is 9.59. The fraction of sp³-hybridized carbons (Fsp3) is 0.0698. The van der Waals surface area contributed by atoms with Crippen molar-refractivity contribution in [3.8, 4) is 33.8 Å². The first-order chi connectivity index (χ1) is 23.0. The molecule has 1 radical (unpaired) electrons. The number of pyridine rings is 3. The molecule has 0 N–H and O–H groups in total. The number of hydrogen-bond acceptors (Lipinski definition) is 3. The first-order valence-corrected chi connectivity index (χ1v) is 16.2. The molecule has 5 heteroatoms. The molecular formula is C43H34IrN3S-3. The number of nitrogens with zero attached hydrogens (tertiary/aromatic N) is 3. The zero-order chi connectivity index (χ0) is 32.6. The maximum atomic E-state index is 4.48. The topological polar surface area (TPSA) is 29.7 Å². The Balaban J connectivity index is 0.000000144. The van der Waals surface area contributed by atoms with Crippen LogP contribution >= 0.6 is 11.3 Å². The zero-order valence-corrected chi connectivity index (χ0v) is 30.3. The van der Waals surface area contributed by atoms with Gasteiger partial charge < -0.3 is 14.5 Å². The van der Waals surface area contributed by atoms with Crippen LogP contribution in [0.4, 0.5) is 0 Å². The van der Waals surface area contributed by atoms with Crippen molar-refractivity contribution in [2.75, 3.05) is 0 Å². The molecule has 0 fully saturated rings. The van der Waals surface area contributed by atoms with Gasteiger partial charge in [-0.1, -0.05) is 65.5 Å². The predicted molar refractivity (Wildman–Crippen MR) is 196 cm³/mol. The van der Waals surface area contributed by atoms with E-state index in [1.807, 2.05) is 121 Å². The molecule has 3 nitrogen and oxygen atoms in total. The van der Waals surface area contributed by atoms with Gasteiger partial charge in [0.25, 0.3) is 0 Å². The van der Waals surface area contributed by atoms with Gasteiger partial charge in [0.05, 0.1) is 5.69 Å². The minimum atomic E-state index is 0. The summed E-state index contributed by atoms with van der Waals surface area (Å²) in [6.45, 7) is 6.08. The Labute approximate surface area is 301 Å². The van der Waals surface area contributed by atoms with Crippen LogP contribution in [-0.2, 0) is 20.1 Å². The molecule has 0 aliphatic heterocycles. The average molecular weight is 817 g/mol. The molecule has 0 unspecified atom stereocenters. The number of aryl methyl sites for hydroxylation is 3. The predicted octanol–water partition coefficient (Wildman–Crippen LogP) is 10.5. The third kappa shape index (κ3) is 8.31. The van der Waals surface area contributed by atoms with E-state index < -0.39 is 0 Å². The number of aromatic nitrogens is 3. The Kier molecular flexibility index (Phi) is 11.7. The molecular weight excluding hydrogens is 783 g/mol. The van der Waals surface area contributed by atoms with Gasteiger partial charge >= 0.3 is 0 Å². The molecule has 8 aromatic rings. The Morgan fingerprint density at radius 1 is 0.625 bits per heavy atom. The van der Waals surface area contributed by atoms with Crippen LogP contribution in [0.15, 0.2) is 140 Å². The zero-order valence-electron chi connectivity index (χ0n) is 27.1. The van der Waals surface area contributed by atoms with Crippen LogP contribution in [0.25, 0.3) is 53.9 Å². The second-order valence-electron chi connectivity index (χ2n) is 11.1. The third-order valence-electron chi connectivity index (χ3n) is 7.66. The summed E-state index contributed by atoms with van der Waals surface area (Å²) in [5.74, 6) is 0. The summed E-state index contributed by atoms with van der Waals surface area (Å²) in [6, 6.07) is 54.6. The Bertz CT molecular complexity index is 2230. The molecule has 4 aromatic heterocycles. The van der Waals surface area contributed by atoms with Gasteiger partial charge in [0.2, 0.25) is 0 Å². The van der Waals surface area contributed by atoms with E-state index in [1.165, 1.54) is 25.7 Å². The quantitative estimate of drug-likeness (QED) is 0.131. The molecule has 0 saturated carbocycles. The van der Waals surface area contributed by atoms with E-state index in [4.69, 9.17) is 0 Å². The smallest absolute Gasteiger partial charge is 0.115 e. The van der Waals surface area contributed by atoms with Crippen LogP contribution < -0.4 is 4.57 Å². The molecule has 0 aliphatic carbocycles. The van der Waals surface area contributed by atoms with Crippen LogP contribution in [0.5, 0.6) is 0 Å². The fourth-order valence-electron chi connectivity index (χ4n) is 5.12. The van der Waals surface area contributed by atoms with Crippen LogP contribution in [0.2, 0.25) is 0 Å². The summed E-state index contributed by atoms with van der Waals surface area (Å²) in [6.07, 6.45) is 1.90. The summed E-state index contributed by atoms with van der Waals surface area (Å²) in [5, 5.41) is 2.59. The molecule has 0 bridgehead atoms. The number of hydrogen-bond donors (Lipinski definition) is 0. The standard InChI is InChI=1S/C18H12NS.C13H12N.C12H10N.Ir/c1-12-6-9-16(19-11-12)13-7-8-15-14-4-2-3-5-17(14)20-18(15)10-13;1-11-7-6-10-13(14(11)2)12-8-4-3-5-9-12;1-10-6-5-9-12(13-10)11-7-3-2-4-8-11;/h2-6,8-11H,1H3;3-8,10H,2H2,1H3;2-7,9H,1H3;/q3*-1;. The molecule has 8 rings (SSSR count). The number of rotatable bonds is 3. The monoisotopic (exact) mass is 817 g/mol. The molecule has 0 aliphatic rings. The second-order valence-corrected chi connectivity index (χ2v) is 12.2. The SMILES string of the molecule is Cc1ccc(-c2[c-]cc3c(c2)sc2ccccc23)nc1.Cc1cccc(-c2[c-]cccc2)n1.[CH2-][n+]1c(C)cccc1-c1[c-]cccc1.[Ir]. The van der Waals surface area contributed by atoms with Gasteiger partial charge in [-0.3, -0.25) is 0 Å². The molecule has 0 spiro atoms. The van der Waals surface area contributed by atoms with Crippen molar-refractivity contribution in [1.82, 2.24) is 9.97 Å². The van der Waals surface area contributed by atoms with E-state index in [0.29, 0.717) is 0 Å². The minimum absolute atomic E-state index is 0. The fourth-order valence-corrected chi connectivity index (χ4v) is 6.25. The van der Waals surface area contributed by atoms with Crippen molar-refractivity contribution in [3.63, 3.8) is 0 Å². The molecule has 48 heavy (non-hydrogen) atoms. The second kappa shape index (κ2) is 16.3. The van der Waals surface area contributed by atoms with Gasteiger partial charge in [-0.25, -0.2) is 0 Å². The summed E-state index contributed by atoms with van der Waals surface area (Å²) in [4.78, 5) is 8.89. The first kappa shape index (κ1) is 34.4. The Morgan fingerprint density at radius 2 is 1.35 bits per heavy atom. The van der Waals surface area contributed by atoms with Crippen molar-refractivity contribution in [2.24, 2.45) is 0 Å². The van der Waals surface area contributed by atoms with Gasteiger partial charge in [0, 0.05) is 43.7 Å². The molecule has 4 aromatic carbocycles. The van der Waals surface area contributed by atoms with E-state index in [9.17, 15) is 0 Å². The largest absolute Gasteiger partial charge is 0.318 e. The van der Waals surface area contributed by atoms with Crippen molar-refractivity contribution in [3.05, 3.63) is 182 Å². The van der Waals surface area contributed by atoms with Crippen molar-refractivity contribution >= 4 is 31.5 Å². The van der Waals surface area contributed by atoms with Crippen LogP contribution in [0, 0.1) is 46.0 Å². The number of thiophene rings is 1.